The Labute approximate surface area is 107 Å². The molecule has 0 amide bonds. The van der Waals surface area contributed by atoms with Crippen LogP contribution in [0.5, 0.6) is 0 Å². The Morgan fingerprint density at radius 2 is 2.17 bits per heavy atom. The van der Waals surface area contributed by atoms with Crippen LogP contribution < -0.4 is 0 Å². The van der Waals surface area contributed by atoms with Gasteiger partial charge in [0.05, 0.1) is 5.69 Å². The van der Waals surface area contributed by atoms with E-state index >= 15 is 0 Å². The van der Waals surface area contributed by atoms with Gasteiger partial charge in [-0.15, -0.1) is 11.8 Å². The number of carbonyl (C=O) groups is 1. The van der Waals surface area contributed by atoms with E-state index < -0.39 is 5.97 Å². The number of benzene rings is 1. The van der Waals surface area contributed by atoms with E-state index in [-0.39, 0.29) is 17.1 Å². The van der Waals surface area contributed by atoms with Crippen LogP contribution in [0.4, 0.5) is 4.39 Å². The standard InChI is InChI=1S/C12H9FN2O2S/c13-9-3-1-2-4-11(9)18-6-10-8(12(16)17)5-14-7-15-10/h1-5,7H,6H2,(H,16,17). The van der Waals surface area contributed by atoms with E-state index in [4.69, 9.17) is 5.11 Å². The zero-order valence-corrected chi connectivity index (χ0v) is 10.0. The minimum absolute atomic E-state index is 0.0429. The van der Waals surface area contributed by atoms with Crippen LogP contribution in [0.2, 0.25) is 0 Å². The number of thioether (sulfide) groups is 1. The highest BCUT2D eigenvalue weighted by Crippen LogP contribution is 2.25. The van der Waals surface area contributed by atoms with Crippen molar-refractivity contribution < 1.29 is 14.3 Å². The summed E-state index contributed by atoms with van der Waals surface area (Å²) in [6.07, 6.45) is 2.52. The van der Waals surface area contributed by atoms with Crippen molar-refractivity contribution in [1.82, 2.24) is 9.97 Å². The number of hydrogen-bond donors (Lipinski definition) is 1. The van der Waals surface area contributed by atoms with Gasteiger partial charge in [0.15, 0.2) is 0 Å². The van der Waals surface area contributed by atoms with Gasteiger partial charge in [-0.05, 0) is 12.1 Å². The SMILES string of the molecule is O=C(O)c1cncnc1CSc1ccccc1F. The fraction of sp³-hybridized carbons (Fsp3) is 0.0833. The quantitative estimate of drug-likeness (QED) is 0.860. The summed E-state index contributed by atoms with van der Waals surface area (Å²) in [6, 6.07) is 6.33. The number of aromatic nitrogens is 2. The van der Waals surface area contributed by atoms with Crippen LogP contribution >= 0.6 is 11.8 Å². The van der Waals surface area contributed by atoms with Crippen molar-refractivity contribution in [3.8, 4) is 0 Å². The molecule has 0 unspecified atom stereocenters. The molecule has 2 aromatic rings. The zero-order chi connectivity index (χ0) is 13.0. The molecular formula is C12H9FN2O2S. The maximum Gasteiger partial charge on any atom is 0.339 e. The Morgan fingerprint density at radius 1 is 1.39 bits per heavy atom. The van der Waals surface area contributed by atoms with Gasteiger partial charge >= 0.3 is 5.97 Å². The Balaban J connectivity index is 2.16. The lowest BCUT2D eigenvalue weighted by Crippen LogP contribution is -2.04. The van der Waals surface area contributed by atoms with Crippen molar-refractivity contribution in [2.75, 3.05) is 0 Å². The van der Waals surface area contributed by atoms with E-state index in [1.807, 2.05) is 0 Å². The van der Waals surface area contributed by atoms with Gasteiger partial charge in [0.1, 0.15) is 17.7 Å². The van der Waals surface area contributed by atoms with Crippen LogP contribution in [-0.2, 0) is 5.75 Å². The molecule has 1 N–H and O–H groups in total. The summed E-state index contributed by atoms with van der Waals surface area (Å²) in [4.78, 5) is 19.0. The second-order valence-corrected chi connectivity index (χ2v) is 4.42. The molecule has 0 saturated heterocycles. The molecule has 0 spiro atoms. The highest BCUT2D eigenvalue weighted by molar-refractivity contribution is 7.98. The van der Waals surface area contributed by atoms with Crippen molar-refractivity contribution in [1.29, 1.82) is 0 Å². The van der Waals surface area contributed by atoms with Crippen molar-refractivity contribution in [3.05, 3.63) is 53.9 Å². The fourth-order valence-corrected chi connectivity index (χ4v) is 2.26. The maximum atomic E-state index is 13.4. The first-order valence-electron chi connectivity index (χ1n) is 5.08. The normalized spacial score (nSPS) is 10.3. The number of carboxylic acid groups (broad SMARTS) is 1. The highest BCUT2D eigenvalue weighted by Gasteiger charge is 2.12. The first-order chi connectivity index (χ1) is 8.68. The Morgan fingerprint density at radius 3 is 2.89 bits per heavy atom. The molecule has 0 aliphatic rings. The molecule has 0 saturated carbocycles. The molecule has 6 heteroatoms. The lowest BCUT2D eigenvalue weighted by molar-refractivity contribution is 0.0695. The number of carboxylic acids is 1. The Kier molecular flexibility index (Phi) is 3.88. The topological polar surface area (TPSA) is 63.1 Å². The van der Waals surface area contributed by atoms with Gasteiger partial charge in [-0.2, -0.15) is 0 Å². The first-order valence-corrected chi connectivity index (χ1v) is 6.06. The molecule has 0 radical (unpaired) electrons. The summed E-state index contributed by atoms with van der Waals surface area (Å²) in [5, 5.41) is 8.95. The molecule has 1 aromatic heterocycles. The van der Waals surface area contributed by atoms with Crippen LogP contribution in [0.3, 0.4) is 0 Å². The minimum atomic E-state index is -1.08. The van der Waals surface area contributed by atoms with Crippen molar-refractivity contribution in [2.24, 2.45) is 0 Å². The van der Waals surface area contributed by atoms with Crippen molar-refractivity contribution in [2.45, 2.75) is 10.6 Å². The zero-order valence-electron chi connectivity index (χ0n) is 9.21. The molecule has 2 rings (SSSR count). The maximum absolute atomic E-state index is 13.4. The monoisotopic (exact) mass is 264 g/mol. The van der Waals surface area contributed by atoms with Crippen LogP contribution in [0.15, 0.2) is 41.7 Å². The van der Waals surface area contributed by atoms with E-state index in [0.717, 1.165) is 0 Å². The van der Waals surface area contributed by atoms with Crippen molar-refractivity contribution in [3.63, 3.8) is 0 Å². The van der Waals surface area contributed by atoms with Gasteiger partial charge < -0.3 is 5.11 Å². The van der Waals surface area contributed by atoms with E-state index in [1.54, 1.807) is 18.2 Å². The highest BCUT2D eigenvalue weighted by atomic mass is 32.2. The molecule has 92 valence electrons. The van der Waals surface area contributed by atoms with Gasteiger partial charge in [0.2, 0.25) is 0 Å². The predicted octanol–water partition coefficient (Wildman–Crippen LogP) is 2.61. The third kappa shape index (κ3) is 2.84. The van der Waals surface area contributed by atoms with Gasteiger partial charge in [-0.25, -0.2) is 19.2 Å². The first kappa shape index (κ1) is 12.5. The van der Waals surface area contributed by atoms with E-state index in [0.29, 0.717) is 10.6 Å². The van der Waals surface area contributed by atoms with Gasteiger partial charge in [-0.1, -0.05) is 12.1 Å². The smallest absolute Gasteiger partial charge is 0.339 e. The van der Waals surface area contributed by atoms with Gasteiger partial charge in [0, 0.05) is 16.8 Å². The van der Waals surface area contributed by atoms with E-state index in [9.17, 15) is 9.18 Å². The summed E-state index contributed by atoms with van der Waals surface area (Å²) in [6.45, 7) is 0. The Bertz CT molecular complexity index is 578. The number of rotatable bonds is 4. The third-order valence-electron chi connectivity index (χ3n) is 2.23. The molecule has 0 aliphatic heterocycles. The Hall–Kier alpha value is -1.95. The minimum Gasteiger partial charge on any atom is -0.478 e. The van der Waals surface area contributed by atoms with Crippen molar-refractivity contribution >= 4 is 17.7 Å². The number of nitrogens with zero attached hydrogens (tertiary/aromatic N) is 2. The van der Waals surface area contributed by atoms with E-state index in [1.165, 1.54) is 30.4 Å². The summed E-state index contributed by atoms with van der Waals surface area (Å²) in [7, 11) is 0. The molecule has 18 heavy (non-hydrogen) atoms. The summed E-state index contributed by atoms with van der Waals surface area (Å²) in [5.41, 5.74) is 0.423. The number of halogens is 1. The van der Waals surface area contributed by atoms with Crippen LogP contribution in [0.1, 0.15) is 16.1 Å². The van der Waals surface area contributed by atoms with E-state index in [2.05, 4.69) is 9.97 Å². The van der Waals surface area contributed by atoms with Gasteiger partial charge in [0.25, 0.3) is 0 Å². The van der Waals surface area contributed by atoms with Gasteiger partial charge in [-0.3, -0.25) is 0 Å². The molecule has 0 bridgehead atoms. The third-order valence-corrected chi connectivity index (χ3v) is 3.29. The average molecular weight is 264 g/mol. The predicted molar refractivity (Wildman–Crippen MR) is 65.0 cm³/mol. The van der Waals surface area contributed by atoms with Crippen LogP contribution in [0.25, 0.3) is 0 Å². The summed E-state index contributed by atoms with van der Waals surface area (Å²) >= 11 is 1.20. The number of hydrogen-bond acceptors (Lipinski definition) is 4. The molecule has 1 aromatic carbocycles. The summed E-state index contributed by atoms with van der Waals surface area (Å²) in [5.74, 6) is -1.13. The molecule has 0 aliphatic carbocycles. The molecule has 4 nitrogen and oxygen atoms in total. The molecule has 0 atom stereocenters. The summed E-state index contributed by atoms with van der Waals surface area (Å²) < 4.78 is 13.4. The largest absolute Gasteiger partial charge is 0.478 e. The lowest BCUT2D eigenvalue weighted by atomic mass is 10.2. The second-order valence-electron chi connectivity index (χ2n) is 3.41. The van der Waals surface area contributed by atoms with Crippen LogP contribution in [-0.4, -0.2) is 21.0 Å². The second kappa shape index (κ2) is 5.59. The van der Waals surface area contributed by atoms with Crippen LogP contribution in [0, 0.1) is 5.82 Å². The molecule has 0 fully saturated rings. The average Bonchev–Trinajstić information content (AvgIpc) is 2.38. The fourth-order valence-electron chi connectivity index (χ4n) is 1.36. The number of aromatic carboxylic acids is 1. The molecule has 1 heterocycles. The lowest BCUT2D eigenvalue weighted by Gasteiger charge is -2.04. The molecular weight excluding hydrogens is 255 g/mol.